The summed E-state index contributed by atoms with van der Waals surface area (Å²) < 4.78 is 0. The lowest BCUT2D eigenvalue weighted by atomic mass is 10.0. The zero-order valence-electron chi connectivity index (χ0n) is 9.60. The first-order valence-corrected chi connectivity index (χ1v) is 5.34. The van der Waals surface area contributed by atoms with E-state index < -0.39 is 0 Å². The SMILES string of the molecule is CC(=O)c1ccc(-c2ccc(N)cc2)cc1N. The number of hydrogen-bond acceptors (Lipinski definition) is 3. The smallest absolute Gasteiger partial charge is 0.161 e. The van der Waals surface area contributed by atoms with Gasteiger partial charge in [-0.25, -0.2) is 0 Å². The average Bonchev–Trinajstić information content (AvgIpc) is 2.29. The molecule has 0 aromatic heterocycles. The van der Waals surface area contributed by atoms with Gasteiger partial charge in [0.05, 0.1) is 0 Å². The van der Waals surface area contributed by atoms with Gasteiger partial charge >= 0.3 is 0 Å². The predicted octanol–water partition coefficient (Wildman–Crippen LogP) is 2.72. The summed E-state index contributed by atoms with van der Waals surface area (Å²) in [6, 6.07) is 13.0. The summed E-state index contributed by atoms with van der Waals surface area (Å²) in [5.74, 6) is -0.0219. The lowest BCUT2D eigenvalue weighted by molar-refractivity contribution is 0.101. The largest absolute Gasteiger partial charge is 0.399 e. The van der Waals surface area contributed by atoms with E-state index in [0.717, 1.165) is 16.8 Å². The summed E-state index contributed by atoms with van der Waals surface area (Å²) >= 11 is 0. The molecule has 0 aliphatic rings. The fourth-order valence-electron chi connectivity index (χ4n) is 1.74. The van der Waals surface area contributed by atoms with Crippen LogP contribution in [0.15, 0.2) is 42.5 Å². The molecule has 4 N–H and O–H groups in total. The lowest BCUT2D eigenvalue weighted by Crippen LogP contribution is -1.99. The van der Waals surface area contributed by atoms with Crippen LogP contribution in [0.25, 0.3) is 11.1 Å². The molecule has 3 heteroatoms. The standard InChI is InChI=1S/C14H14N2O/c1-9(17)13-7-4-11(8-14(13)16)10-2-5-12(15)6-3-10/h2-8H,15-16H2,1H3. The molecule has 0 saturated carbocycles. The van der Waals surface area contributed by atoms with Crippen LogP contribution in [-0.2, 0) is 0 Å². The molecule has 0 radical (unpaired) electrons. The monoisotopic (exact) mass is 226 g/mol. The van der Waals surface area contributed by atoms with Gasteiger partial charge in [0.1, 0.15) is 0 Å². The van der Waals surface area contributed by atoms with Crippen LogP contribution in [0.2, 0.25) is 0 Å². The van der Waals surface area contributed by atoms with Crippen LogP contribution in [0.5, 0.6) is 0 Å². The second kappa shape index (κ2) is 4.29. The fourth-order valence-corrected chi connectivity index (χ4v) is 1.74. The Bertz CT molecular complexity index is 559. The molecule has 2 rings (SSSR count). The van der Waals surface area contributed by atoms with Crippen molar-refractivity contribution in [2.24, 2.45) is 0 Å². The van der Waals surface area contributed by atoms with Crippen LogP contribution < -0.4 is 11.5 Å². The van der Waals surface area contributed by atoms with Crippen LogP contribution in [-0.4, -0.2) is 5.78 Å². The van der Waals surface area contributed by atoms with Gasteiger partial charge in [0.2, 0.25) is 0 Å². The minimum absolute atomic E-state index is 0.0219. The number of nitrogens with two attached hydrogens (primary N) is 2. The summed E-state index contributed by atoms with van der Waals surface area (Å²) in [4.78, 5) is 11.3. The van der Waals surface area contributed by atoms with Crippen LogP contribution in [0.1, 0.15) is 17.3 Å². The number of carbonyl (C=O) groups is 1. The number of hydrogen-bond donors (Lipinski definition) is 2. The molecule has 0 fully saturated rings. The van der Waals surface area contributed by atoms with E-state index in [0.29, 0.717) is 11.3 Å². The van der Waals surface area contributed by atoms with Crippen LogP contribution in [0.3, 0.4) is 0 Å². The first-order valence-electron chi connectivity index (χ1n) is 5.34. The van der Waals surface area contributed by atoms with Gasteiger partial charge in [-0.3, -0.25) is 4.79 Å². The molecule has 0 unspecified atom stereocenters. The summed E-state index contributed by atoms with van der Waals surface area (Å²) in [5, 5.41) is 0. The highest BCUT2D eigenvalue weighted by Crippen LogP contribution is 2.24. The Kier molecular flexibility index (Phi) is 2.83. The molecule has 3 nitrogen and oxygen atoms in total. The molecule has 0 saturated heterocycles. The molecule has 0 aliphatic carbocycles. The minimum Gasteiger partial charge on any atom is -0.399 e. The third-order valence-corrected chi connectivity index (χ3v) is 2.67. The molecule has 0 bridgehead atoms. The Morgan fingerprint density at radius 3 is 2.06 bits per heavy atom. The molecule has 0 heterocycles. The molecule has 0 atom stereocenters. The average molecular weight is 226 g/mol. The van der Waals surface area contributed by atoms with Gasteiger partial charge in [-0.1, -0.05) is 18.2 Å². The maximum Gasteiger partial charge on any atom is 0.161 e. The Hall–Kier alpha value is -2.29. The van der Waals surface area contributed by atoms with E-state index in [1.165, 1.54) is 6.92 Å². The zero-order valence-corrected chi connectivity index (χ0v) is 9.60. The number of Topliss-reactive ketones (excluding diaryl/α,β-unsaturated/α-hetero) is 1. The van der Waals surface area contributed by atoms with Crippen molar-refractivity contribution in [3.8, 4) is 11.1 Å². The molecule has 17 heavy (non-hydrogen) atoms. The van der Waals surface area contributed by atoms with Crippen molar-refractivity contribution in [2.75, 3.05) is 11.5 Å². The topological polar surface area (TPSA) is 69.1 Å². The summed E-state index contributed by atoms with van der Waals surface area (Å²) in [7, 11) is 0. The third-order valence-electron chi connectivity index (χ3n) is 2.67. The molecular weight excluding hydrogens is 212 g/mol. The van der Waals surface area contributed by atoms with Crippen molar-refractivity contribution in [3.05, 3.63) is 48.0 Å². The highest BCUT2D eigenvalue weighted by molar-refractivity contribution is 5.99. The minimum atomic E-state index is -0.0219. The summed E-state index contributed by atoms with van der Waals surface area (Å²) in [6.45, 7) is 1.51. The first kappa shape index (κ1) is 11.2. The number of ketones is 1. The highest BCUT2D eigenvalue weighted by atomic mass is 16.1. The van der Waals surface area contributed by atoms with Gasteiger partial charge in [0, 0.05) is 16.9 Å². The van der Waals surface area contributed by atoms with E-state index in [1.807, 2.05) is 36.4 Å². The Labute approximate surface area is 100 Å². The van der Waals surface area contributed by atoms with E-state index in [9.17, 15) is 4.79 Å². The van der Waals surface area contributed by atoms with Crippen LogP contribution >= 0.6 is 0 Å². The van der Waals surface area contributed by atoms with Crippen LogP contribution in [0, 0.1) is 0 Å². The van der Waals surface area contributed by atoms with Crippen molar-refractivity contribution in [2.45, 2.75) is 6.92 Å². The second-order valence-corrected chi connectivity index (χ2v) is 3.98. The Morgan fingerprint density at radius 1 is 0.941 bits per heavy atom. The number of nitrogen functional groups attached to an aromatic ring is 2. The lowest BCUT2D eigenvalue weighted by Gasteiger charge is -2.06. The molecule has 0 amide bonds. The Morgan fingerprint density at radius 2 is 1.53 bits per heavy atom. The van der Waals surface area contributed by atoms with Crippen molar-refractivity contribution in [1.29, 1.82) is 0 Å². The molecular formula is C14H14N2O. The van der Waals surface area contributed by atoms with E-state index >= 15 is 0 Å². The van der Waals surface area contributed by atoms with Crippen molar-refractivity contribution in [3.63, 3.8) is 0 Å². The first-order chi connectivity index (χ1) is 8.08. The van der Waals surface area contributed by atoms with E-state index in [2.05, 4.69) is 0 Å². The Balaban J connectivity index is 2.44. The van der Waals surface area contributed by atoms with Crippen molar-refractivity contribution < 1.29 is 4.79 Å². The van der Waals surface area contributed by atoms with Gasteiger partial charge < -0.3 is 11.5 Å². The number of carbonyl (C=O) groups excluding carboxylic acids is 1. The summed E-state index contributed by atoms with van der Waals surface area (Å²) in [5.41, 5.74) is 15.3. The van der Waals surface area contributed by atoms with Gasteiger partial charge in [0.15, 0.2) is 5.78 Å². The predicted molar refractivity (Wildman–Crippen MR) is 70.7 cm³/mol. The highest BCUT2D eigenvalue weighted by Gasteiger charge is 2.06. The fraction of sp³-hybridized carbons (Fsp3) is 0.0714. The maximum atomic E-state index is 11.3. The van der Waals surface area contributed by atoms with Gasteiger partial charge in [-0.15, -0.1) is 0 Å². The third kappa shape index (κ3) is 2.28. The molecule has 0 spiro atoms. The van der Waals surface area contributed by atoms with Crippen LogP contribution in [0.4, 0.5) is 11.4 Å². The van der Waals surface area contributed by atoms with Crippen molar-refractivity contribution in [1.82, 2.24) is 0 Å². The normalized spacial score (nSPS) is 10.2. The molecule has 2 aromatic rings. The van der Waals surface area contributed by atoms with Crippen molar-refractivity contribution >= 4 is 17.2 Å². The number of anilines is 2. The van der Waals surface area contributed by atoms with E-state index in [1.54, 1.807) is 6.07 Å². The zero-order chi connectivity index (χ0) is 12.4. The van der Waals surface area contributed by atoms with Gasteiger partial charge in [-0.05, 0) is 42.3 Å². The number of benzene rings is 2. The van der Waals surface area contributed by atoms with E-state index in [4.69, 9.17) is 11.5 Å². The van der Waals surface area contributed by atoms with Gasteiger partial charge in [-0.2, -0.15) is 0 Å². The summed E-state index contributed by atoms with van der Waals surface area (Å²) in [6.07, 6.45) is 0. The molecule has 2 aromatic carbocycles. The molecule has 0 aliphatic heterocycles. The maximum absolute atomic E-state index is 11.3. The van der Waals surface area contributed by atoms with E-state index in [-0.39, 0.29) is 5.78 Å². The van der Waals surface area contributed by atoms with Gasteiger partial charge in [0.25, 0.3) is 0 Å². The second-order valence-electron chi connectivity index (χ2n) is 3.98. The quantitative estimate of drug-likeness (QED) is 0.611. The number of rotatable bonds is 2. The molecule has 86 valence electrons.